The van der Waals surface area contributed by atoms with Crippen molar-refractivity contribution in [2.45, 2.75) is 33.1 Å². The quantitative estimate of drug-likeness (QED) is 0.290. The van der Waals surface area contributed by atoms with Crippen LogP contribution in [0.4, 0.5) is 5.69 Å². The van der Waals surface area contributed by atoms with E-state index in [-0.39, 0.29) is 24.0 Å². The number of anilines is 1. The van der Waals surface area contributed by atoms with E-state index < -0.39 is 0 Å². The zero-order valence-corrected chi connectivity index (χ0v) is 16.3. The molecular formula is C16H28IN3O2. The molecule has 0 heterocycles. The maximum Gasteiger partial charge on any atom is 0.195 e. The van der Waals surface area contributed by atoms with Gasteiger partial charge in [0.05, 0.1) is 14.2 Å². The fraction of sp³-hybridized carbons (Fsp3) is 0.562. The molecule has 1 aromatic carbocycles. The lowest BCUT2D eigenvalue weighted by atomic mass is 10.2. The number of hydrogen-bond acceptors (Lipinski definition) is 3. The predicted molar refractivity (Wildman–Crippen MR) is 104 cm³/mol. The Labute approximate surface area is 150 Å². The molecule has 0 unspecified atom stereocenters. The summed E-state index contributed by atoms with van der Waals surface area (Å²) in [4.78, 5) is 4.57. The summed E-state index contributed by atoms with van der Waals surface area (Å²) in [5, 5.41) is 6.53. The summed E-state index contributed by atoms with van der Waals surface area (Å²) < 4.78 is 10.5. The van der Waals surface area contributed by atoms with Crippen molar-refractivity contribution in [3.05, 3.63) is 18.2 Å². The highest BCUT2D eigenvalue weighted by Crippen LogP contribution is 2.29. The number of methoxy groups -OCH3 is 2. The summed E-state index contributed by atoms with van der Waals surface area (Å²) in [6, 6.07) is 5.72. The number of halogens is 1. The van der Waals surface area contributed by atoms with Gasteiger partial charge in [0.25, 0.3) is 0 Å². The highest BCUT2D eigenvalue weighted by Gasteiger charge is 2.06. The number of nitrogens with one attached hydrogen (secondary N) is 2. The van der Waals surface area contributed by atoms with Crippen LogP contribution in [0.3, 0.4) is 0 Å². The Morgan fingerprint density at radius 2 is 1.82 bits per heavy atom. The summed E-state index contributed by atoms with van der Waals surface area (Å²) in [6.07, 6.45) is 3.52. The topological polar surface area (TPSA) is 54.9 Å². The average molecular weight is 421 g/mol. The number of ether oxygens (including phenoxy) is 2. The van der Waals surface area contributed by atoms with Crippen molar-refractivity contribution in [2.75, 3.05) is 32.6 Å². The molecule has 0 amide bonds. The monoisotopic (exact) mass is 421 g/mol. The van der Waals surface area contributed by atoms with Crippen molar-refractivity contribution in [1.82, 2.24) is 5.32 Å². The van der Waals surface area contributed by atoms with Gasteiger partial charge in [-0.3, -0.25) is 4.99 Å². The third kappa shape index (κ3) is 7.20. The first-order valence-electron chi connectivity index (χ1n) is 7.52. The van der Waals surface area contributed by atoms with Crippen LogP contribution in [0.2, 0.25) is 0 Å². The van der Waals surface area contributed by atoms with E-state index in [1.54, 1.807) is 14.2 Å². The molecular weight excluding hydrogens is 393 g/mol. The number of nitrogens with zero attached hydrogens (tertiary/aromatic N) is 1. The maximum atomic E-state index is 5.31. The molecule has 0 saturated heterocycles. The molecule has 0 atom stereocenters. The predicted octanol–water partition coefficient (Wildman–Crippen LogP) is 3.89. The van der Waals surface area contributed by atoms with Crippen LogP contribution in [-0.2, 0) is 0 Å². The van der Waals surface area contributed by atoms with E-state index in [1.165, 1.54) is 12.8 Å². The minimum atomic E-state index is 0. The molecule has 0 bridgehead atoms. The van der Waals surface area contributed by atoms with Crippen LogP contribution in [0.1, 0.15) is 33.1 Å². The van der Waals surface area contributed by atoms with E-state index in [1.807, 2.05) is 18.2 Å². The summed E-state index contributed by atoms with van der Waals surface area (Å²) in [5.41, 5.74) is 0.919. The molecule has 0 fully saturated rings. The van der Waals surface area contributed by atoms with Crippen LogP contribution in [-0.4, -0.2) is 33.3 Å². The average Bonchev–Trinajstić information content (AvgIpc) is 2.51. The van der Waals surface area contributed by atoms with Crippen LogP contribution in [0.5, 0.6) is 11.5 Å². The number of guanidine groups is 1. The zero-order chi connectivity index (χ0) is 15.5. The van der Waals surface area contributed by atoms with Crippen molar-refractivity contribution >= 4 is 35.6 Å². The SMILES string of the molecule is CCCCCN=C(NCC)Nc1ccc(OC)c(OC)c1.I. The molecule has 0 aliphatic rings. The van der Waals surface area contributed by atoms with Crippen molar-refractivity contribution in [2.24, 2.45) is 4.99 Å². The summed E-state index contributed by atoms with van der Waals surface area (Å²) in [5.74, 6) is 2.21. The zero-order valence-electron chi connectivity index (χ0n) is 13.9. The third-order valence-corrected chi connectivity index (χ3v) is 3.02. The molecule has 22 heavy (non-hydrogen) atoms. The van der Waals surface area contributed by atoms with E-state index in [2.05, 4.69) is 29.5 Å². The number of aliphatic imine (C=N–C) groups is 1. The summed E-state index contributed by atoms with van der Waals surface area (Å²) in [6.45, 7) is 5.90. The second-order valence-electron chi connectivity index (χ2n) is 4.66. The van der Waals surface area contributed by atoms with Gasteiger partial charge in [0.2, 0.25) is 0 Å². The first-order valence-corrected chi connectivity index (χ1v) is 7.52. The lowest BCUT2D eigenvalue weighted by Gasteiger charge is -2.13. The van der Waals surface area contributed by atoms with E-state index in [0.717, 1.165) is 31.2 Å². The van der Waals surface area contributed by atoms with Gasteiger partial charge in [0.15, 0.2) is 17.5 Å². The highest BCUT2D eigenvalue weighted by atomic mass is 127. The van der Waals surface area contributed by atoms with Crippen LogP contribution in [0.15, 0.2) is 23.2 Å². The lowest BCUT2D eigenvalue weighted by molar-refractivity contribution is 0.355. The lowest BCUT2D eigenvalue weighted by Crippen LogP contribution is -2.30. The first-order chi connectivity index (χ1) is 10.2. The van der Waals surface area contributed by atoms with Gasteiger partial charge >= 0.3 is 0 Å². The Balaban J connectivity index is 0.00000441. The van der Waals surface area contributed by atoms with Gasteiger partial charge in [-0.1, -0.05) is 19.8 Å². The fourth-order valence-corrected chi connectivity index (χ4v) is 1.91. The molecule has 5 nitrogen and oxygen atoms in total. The molecule has 1 rings (SSSR count). The van der Waals surface area contributed by atoms with Crippen LogP contribution in [0.25, 0.3) is 0 Å². The molecule has 0 aliphatic heterocycles. The normalized spacial score (nSPS) is 10.6. The van der Waals surface area contributed by atoms with Crippen LogP contribution < -0.4 is 20.1 Å². The summed E-state index contributed by atoms with van der Waals surface area (Å²) in [7, 11) is 3.26. The first kappa shape index (κ1) is 20.8. The Morgan fingerprint density at radius 3 is 2.41 bits per heavy atom. The van der Waals surface area contributed by atoms with Gasteiger partial charge in [0.1, 0.15) is 0 Å². The molecule has 6 heteroatoms. The second-order valence-corrected chi connectivity index (χ2v) is 4.66. The third-order valence-electron chi connectivity index (χ3n) is 3.02. The van der Waals surface area contributed by atoms with E-state index >= 15 is 0 Å². The van der Waals surface area contributed by atoms with Gasteiger partial charge in [-0.15, -0.1) is 24.0 Å². The van der Waals surface area contributed by atoms with Crippen molar-refractivity contribution < 1.29 is 9.47 Å². The Morgan fingerprint density at radius 1 is 1.09 bits per heavy atom. The Kier molecular flexibility index (Phi) is 11.7. The number of hydrogen-bond donors (Lipinski definition) is 2. The standard InChI is InChI=1S/C16H27N3O2.HI/c1-5-7-8-11-18-16(17-6-2)19-13-9-10-14(20-3)15(12-13)21-4;/h9-10,12H,5-8,11H2,1-4H3,(H2,17,18,19);1H. The van der Waals surface area contributed by atoms with Gasteiger partial charge in [-0.05, 0) is 25.5 Å². The molecule has 0 aromatic heterocycles. The van der Waals surface area contributed by atoms with Gasteiger partial charge in [-0.25, -0.2) is 0 Å². The molecule has 126 valence electrons. The largest absolute Gasteiger partial charge is 0.493 e. The summed E-state index contributed by atoms with van der Waals surface area (Å²) >= 11 is 0. The van der Waals surface area contributed by atoms with Crippen molar-refractivity contribution in [1.29, 1.82) is 0 Å². The van der Waals surface area contributed by atoms with Crippen LogP contribution >= 0.6 is 24.0 Å². The Hall–Kier alpha value is -1.18. The molecule has 0 radical (unpaired) electrons. The smallest absolute Gasteiger partial charge is 0.195 e. The molecule has 1 aromatic rings. The maximum absolute atomic E-state index is 5.31. The second kappa shape index (κ2) is 12.4. The molecule has 0 aliphatic carbocycles. The van der Waals surface area contributed by atoms with E-state index in [4.69, 9.17) is 9.47 Å². The van der Waals surface area contributed by atoms with Gasteiger partial charge < -0.3 is 20.1 Å². The number of rotatable bonds is 8. The number of benzene rings is 1. The molecule has 0 saturated carbocycles. The van der Waals surface area contributed by atoms with Crippen molar-refractivity contribution in [3.63, 3.8) is 0 Å². The van der Waals surface area contributed by atoms with E-state index in [0.29, 0.717) is 11.5 Å². The number of unbranched alkanes of at least 4 members (excludes halogenated alkanes) is 2. The van der Waals surface area contributed by atoms with Crippen LogP contribution in [0, 0.1) is 0 Å². The Bertz CT molecular complexity index is 453. The minimum Gasteiger partial charge on any atom is -0.493 e. The molecule has 2 N–H and O–H groups in total. The van der Waals surface area contributed by atoms with E-state index in [9.17, 15) is 0 Å². The van der Waals surface area contributed by atoms with Crippen molar-refractivity contribution in [3.8, 4) is 11.5 Å². The van der Waals surface area contributed by atoms with Gasteiger partial charge in [-0.2, -0.15) is 0 Å². The minimum absolute atomic E-state index is 0. The van der Waals surface area contributed by atoms with Gasteiger partial charge in [0, 0.05) is 24.8 Å². The fourth-order valence-electron chi connectivity index (χ4n) is 1.91. The molecule has 0 spiro atoms. The highest BCUT2D eigenvalue weighted by molar-refractivity contribution is 14.0.